The molecule has 86 valence electrons. The second-order valence-corrected chi connectivity index (χ2v) is 3.51. The normalized spacial score (nSPS) is 10.3. The fourth-order valence-corrected chi connectivity index (χ4v) is 0.695. The molecule has 0 spiro atoms. The van der Waals surface area contributed by atoms with Crippen molar-refractivity contribution >= 4 is 13.8 Å². The summed E-state index contributed by atoms with van der Waals surface area (Å²) in [6.07, 6.45) is 1.56. The summed E-state index contributed by atoms with van der Waals surface area (Å²) in [7, 11) is -4.20. The molecule has 7 nitrogen and oxygen atoms in total. The smallest absolute Gasteiger partial charge is 0.469 e. The standard InChI is InChI=1S/C4H11O4P.C2H5NO2/c1-2-3-4-8-9(5,6)7;3-1-2(4)5/h2-4H2,1H3,(H2,5,6,7);1,3H2,(H,4,5). The first-order valence-electron chi connectivity index (χ1n) is 3.95. The molecule has 0 saturated heterocycles. The predicted octanol–water partition coefficient (Wildman–Crippen LogP) is -0.0745. The number of rotatable bonds is 5. The molecule has 0 aliphatic rings. The highest BCUT2D eigenvalue weighted by Crippen LogP contribution is 2.35. The van der Waals surface area contributed by atoms with Gasteiger partial charge in [-0.15, -0.1) is 0 Å². The van der Waals surface area contributed by atoms with Gasteiger partial charge in [0.2, 0.25) is 0 Å². The maximum absolute atomic E-state index is 9.98. The molecule has 0 aromatic rings. The third-order valence-corrected chi connectivity index (χ3v) is 1.45. The highest BCUT2D eigenvalue weighted by atomic mass is 31.2. The summed E-state index contributed by atoms with van der Waals surface area (Å²) in [4.78, 5) is 25.5. The molecule has 5 N–H and O–H groups in total. The van der Waals surface area contributed by atoms with E-state index in [-0.39, 0.29) is 13.2 Å². The van der Waals surface area contributed by atoms with Crippen molar-refractivity contribution in [2.75, 3.05) is 13.2 Å². The average Bonchev–Trinajstić information content (AvgIpc) is 2.04. The van der Waals surface area contributed by atoms with Gasteiger partial charge in [0.25, 0.3) is 0 Å². The number of hydrogen-bond donors (Lipinski definition) is 4. The van der Waals surface area contributed by atoms with Crippen LogP contribution < -0.4 is 5.73 Å². The Morgan fingerprint density at radius 2 is 1.93 bits per heavy atom. The number of carboxylic acid groups (broad SMARTS) is 1. The Hall–Kier alpha value is -0.460. The minimum atomic E-state index is -4.20. The van der Waals surface area contributed by atoms with E-state index in [1.165, 1.54) is 0 Å². The van der Waals surface area contributed by atoms with Crippen LogP contribution >= 0.6 is 7.82 Å². The van der Waals surface area contributed by atoms with Crippen molar-refractivity contribution in [1.29, 1.82) is 0 Å². The van der Waals surface area contributed by atoms with Crippen molar-refractivity contribution in [1.82, 2.24) is 0 Å². The van der Waals surface area contributed by atoms with E-state index in [4.69, 9.17) is 14.9 Å². The van der Waals surface area contributed by atoms with Crippen LogP contribution in [0.3, 0.4) is 0 Å². The van der Waals surface area contributed by atoms with Gasteiger partial charge < -0.3 is 20.6 Å². The van der Waals surface area contributed by atoms with E-state index in [0.29, 0.717) is 6.42 Å². The van der Waals surface area contributed by atoms with Crippen molar-refractivity contribution in [3.63, 3.8) is 0 Å². The van der Waals surface area contributed by atoms with Crippen molar-refractivity contribution in [2.45, 2.75) is 19.8 Å². The van der Waals surface area contributed by atoms with Gasteiger partial charge in [0.15, 0.2) is 0 Å². The lowest BCUT2D eigenvalue weighted by atomic mass is 10.4. The maximum Gasteiger partial charge on any atom is 0.469 e. The van der Waals surface area contributed by atoms with Gasteiger partial charge in [-0.3, -0.25) is 9.32 Å². The van der Waals surface area contributed by atoms with Crippen LogP contribution in [0.5, 0.6) is 0 Å². The van der Waals surface area contributed by atoms with E-state index < -0.39 is 13.8 Å². The highest BCUT2D eigenvalue weighted by Gasteiger charge is 2.11. The third-order valence-electron chi connectivity index (χ3n) is 0.932. The second kappa shape index (κ2) is 9.11. The van der Waals surface area contributed by atoms with Crippen LogP contribution in [0, 0.1) is 0 Å². The fraction of sp³-hybridized carbons (Fsp3) is 0.833. The molecule has 0 aliphatic carbocycles. The molecule has 14 heavy (non-hydrogen) atoms. The van der Waals surface area contributed by atoms with Gasteiger partial charge in [0.05, 0.1) is 13.2 Å². The van der Waals surface area contributed by atoms with Crippen molar-refractivity contribution < 1.29 is 28.8 Å². The summed E-state index contributed by atoms with van der Waals surface area (Å²) < 4.78 is 14.1. The molecule has 0 atom stereocenters. The largest absolute Gasteiger partial charge is 0.480 e. The maximum atomic E-state index is 9.98. The van der Waals surface area contributed by atoms with E-state index in [1.54, 1.807) is 0 Å². The van der Waals surface area contributed by atoms with E-state index in [2.05, 4.69) is 10.3 Å². The summed E-state index contributed by atoms with van der Waals surface area (Å²) >= 11 is 0. The number of hydrogen-bond acceptors (Lipinski definition) is 4. The second-order valence-electron chi connectivity index (χ2n) is 2.28. The van der Waals surface area contributed by atoms with Crippen LogP contribution in [0.4, 0.5) is 0 Å². The van der Waals surface area contributed by atoms with Gasteiger partial charge in [-0.2, -0.15) is 0 Å². The number of nitrogens with two attached hydrogens (primary N) is 1. The summed E-state index contributed by atoms with van der Waals surface area (Å²) in [5.41, 5.74) is 4.57. The zero-order chi connectivity index (χ0) is 11.6. The van der Waals surface area contributed by atoms with E-state index >= 15 is 0 Å². The minimum Gasteiger partial charge on any atom is -0.480 e. The van der Waals surface area contributed by atoms with Crippen LogP contribution in [-0.4, -0.2) is 34.0 Å². The molecule has 0 saturated carbocycles. The predicted molar refractivity (Wildman–Crippen MR) is 49.6 cm³/mol. The number of unbranched alkanes of at least 4 members (excludes halogenated alkanes) is 1. The molecule has 0 unspecified atom stereocenters. The molecule has 0 aliphatic heterocycles. The SMILES string of the molecule is CCCCOP(=O)(O)O.NCC(=O)O. The Bertz CT molecular complexity index is 191. The number of aliphatic carboxylic acids is 1. The molecule has 0 bridgehead atoms. The first kappa shape index (κ1) is 16.0. The van der Waals surface area contributed by atoms with Crippen molar-refractivity contribution in [2.24, 2.45) is 5.73 Å². The molecular weight excluding hydrogens is 213 g/mol. The first-order chi connectivity index (χ1) is 6.33. The van der Waals surface area contributed by atoms with E-state index in [1.807, 2.05) is 6.92 Å². The Kier molecular flexibility index (Phi) is 10.4. The molecule has 0 heterocycles. The Labute approximate surface area is 82.1 Å². The van der Waals surface area contributed by atoms with Gasteiger partial charge in [0, 0.05) is 0 Å². The van der Waals surface area contributed by atoms with Crippen LogP contribution in [0.2, 0.25) is 0 Å². The average molecular weight is 229 g/mol. The van der Waals surface area contributed by atoms with Crippen LogP contribution in [0.15, 0.2) is 0 Å². The minimum absolute atomic E-state index is 0.140. The third kappa shape index (κ3) is 22.5. The summed E-state index contributed by atoms with van der Waals surface area (Å²) in [5, 5.41) is 7.60. The fourth-order valence-electron chi connectivity index (χ4n) is 0.328. The molecule has 0 rings (SSSR count). The number of carboxylic acids is 1. The molecule has 0 radical (unpaired) electrons. The topological polar surface area (TPSA) is 130 Å². The van der Waals surface area contributed by atoms with E-state index in [0.717, 1.165) is 6.42 Å². The molecular formula is C6H16NO6P. The number of carbonyl (C=O) groups is 1. The van der Waals surface area contributed by atoms with Crippen molar-refractivity contribution in [3.8, 4) is 0 Å². The van der Waals surface area contributed by atoms with Crippen LogP contribution in [0.1, 0.15) is 19.8 Å². The van der Waals surface area contributed by atoms with Crippen LogP contribution in [0.25, 0.3) is 0 Å². The molecule has 0 aromatic heterocycles. The van der Waals surface area contributed by atoms with E-state index in [9.17, 15) is 9.36 Å². The van der Waals surface area contributed by atoms with Gasteiger partial charge in [-0.25, -0.2) is 4.57 Å². The zero-order valence-electron chi connectivity index (χ0n) is 7.92. The Balaban J connectivity index is 0. The number of phosphoric acid groups is 1. The lowest BCUT2D eigenvalue weighted by Crippen LogP contribution is -2.10. The van der Waals surface area contributed by atoms with Crippen LogP contribution in [-0.2, 0) is 13.9 Å². The van der Waals surface area contributed by atoms with Gasteiger partial charge in [-0.05, 0) is 6.42 Å². The highest BCUT2D eigenvalue weighted by molar-refractivity contribution is 7.46. The lowest BCUT2D eigenvalue weighted by Gasteiger charge is -2.02. The molecule has 0 fully saturated rings. The summed E-state index contributed by atoms with van der Waals surface area (Å²) in [6, 6.07) is 0. The first-order valence-corrected chi connectivity index (χ1v) is 5.48. The van der Waals surface area contributed by atoms with Gasteiger partial charge in [-0.1, -0.05) is 13.3 Å². The molecule has 0 aromatic carbocycles. The summed E-state index contributed by atoms with van der Waals surface area (Å²) in [6.45, 7) is 1.78. The number of phosphoric ester groups is 1. The van der Waals surface area contributed by atoms with Gasteiger partial charge >= 0.3 is 13.8 Å². The summed E-state index contributed by atoms with van der Waals surface area (Å²) in [5.74, 6) is -0.968. The Morgan fingerprint density at radius 3 is 2.14 bits per heavy atom. The molecule has 8 heteroatoms. The Morgan fingerprint density at radius 1 is 1.50 bits per heavy atom. The monoisotopic (exact) mass is 229 g/mol. The van der Waals surface area contributed by atoms with Crippen molar-refractivity contribution in [3.05, 3.63) is 0 Å². The lowest BCUT2D eigenvalue weighted by molar-refractivity contribution is -0.135. The van der Waals surface area contributed by atoms with Gasteiger partial charge in [0.1, 0.15) is 0 Å². The quantitative estimate of drug-likeness (QED) is 0.383. The zero-order valence-corrected chi connectivity index (χ0v) is 8.81. The molecule has 0 amide bonds.